The summed E-state index contributed by atoms with van der Waals surface area (Å²) in [5, 5.41) is 23.0. The maximum Gasteiger partial charge on any atom is 0.161 e. The van der Waals surface area contributed by atoms with Crippen molar-refractivity contribution in [3.05, 3.63) is 42.0 Å². The Bertz CT molecular complexity index is 972. The molecule has 1 saturated carbocycles. The Balaban J connectivity index is 1.30. The quantitative estimate of drug-likeness (QED) is 0.774. The van der Waals surface area contributed by atoms with Gasteiger partial charge < -0.3 is 24.8 Å². The smallest absolute Gasteiger partial charge is 0.161 e. The molecular formula is C25H29N3O3. The zero-order valence-electron chi connectivity index (χ0n) is 17.7. The van der Waals surface area contributed by atoms with E-state index in [0.717, 1.165) is 72.6 Å². The number of aliphatic hydroxyl groups is 1. The lowest BCUT2D eigenvalue weighted by molar-refractivity contribution is 0.117. The van der Waals surface area contributed by atoms with Crippen LogP contribution in [0, 0.1) is 17.2 Å². The van der Waals surface area contributed by atoms with Crippen LogP contribution in [0.1, 0.15) is 31.2 Å². The number of benzene rings is 2. The number of nitrogens with zero attached hydrogens (tertiary/aromatic N) is 2. The fourth-order valence-corrected chi connectivity index (χ4v) is 5.01. The van der Waals surface area contributed by atoms with Gasteiger partial charge in [0.1, 0.15) is 19.3 Å². The first-order valence-corrected chi connectivity index (χ1v) is 11.3. The van der Waals surface area contributed by atoms with E-state index in [2.05, 4.69) is 22.4 Å². The van der Waals surface area contributed by atoms with Gasteiger partial charge in [-0.1, -0.05) is 18.2 Å². The van der Waals surface area contributed by atoms with Crippen molar-refractivity contribution in [3.8, 4) is 28.7 Å². The topological polar surface area (TPSA) is 77.8 Å². The summed E-state index contributed by atoms with van der Waals surface area (Å²) < 4.78 is 11.4. The Morgan fingerprint density at radius 1 is 1.03 bits per heavy atom. The summed E-state index contributed by atoms with van der Waals surface area (Å²) in [6.07, 6.45) is 4.32. The second-order valence-electron chi connectivity index (χ2n) is 8.81. The number of nitrogens with one attached hydrogen (secondary N) is 1. The second kappa shape index (κ2) is 8.78. The average molecular weight is 420 g/mol. The van der Waals surface area contributed by atoms with Gasteiger partial charge in [0.2, 0.25) is 0 Å². The summed E-state index contributed by atoms with van der Waals surface area (Å²) in [7, 11) is 0. The molecule has 0 unspecified atom stereocenters. The fraction of sp³-hybridized carbons (Fsp3) is 0.480. The summed E-state index contributed by atoms with van der Waals surface area (Å²) >= 11 is 0. The number of hydrogen-bond donors (Lipinski definition) is 2. The van der Waals surface area contributed by atoms with Crippen molar-refractivity contribution in [3.63, 3.8) is 0 Å². The third kappa shape index (κ3) is 4.08. The molecule has 31 heavy (non-hydrogen) atoms. The Morgan fingerprint density at radius 3 is 2.55 bits per heavy atom. The number of fused-ring (bicyclic) bond motifs is 1. The monoisotopic (exact) mass is 419 g/mol. The SMILES string of the molecule is N#Cc1c(-c2ccc3c(c2)OCCO3)cccc1N1CCC(NC2CC(CO)C2)CC1. The van der Waals surface area contributed by atoms with Gasteiger partial charge in [-0.2, -0.15) is 5.26 Å². The van der Waals surface area contributed by atoms with Gasteiger partial charge in [-0.05, 0) is 55.4 Å². The molecule has 0 amide bonds. The summed E-state index contributed by atoms with van der Waals surface area (Å²) in [6.45, 7) is 3.30. The van der Waals surface area contributed by atoms with Gasteiger partial charge >= 0.3 is 0 Å². The number of anilines is 1. The van der Waals surface area contributed by atoms with E-state index in [9.17, 15) is 10.4 Å². The maximum atomic E-state index is 10.0. The molecule has 2 heterocycles. The minimum Gasteiger partial charge on any atom is -0.486 e. The van der Waals surface area contributed by atoms with Crippen LogP contribution in [0.5, 0.6) is 11.5 Å². The number of nitriles is 1. The van der Waals surface area contributed by atoms with Crippen LogP contribution in [-0.4, -0.2) is 50.1 Å². The highest BCUT2D eigenvalue weighted by atomic mass is 16.6. The van der Waals surface area contributed by atoms with Gasteiger partial charge in [0.05, 0.1) is 11.3 Å². The summed E-state index contributed by atoms with van der Waals surface area (Å²) in [5.74, 6) is 1.99. The van der Waals surface area contributed by atoms with Crippen LogP contribution in [0.25, 0.3) is 11.1 Å². The third-order valence-electron chi connectivity index (χ3n) is 6.81. The lowest BCUT2D eigenvalue weighted by Gasteiger charge is -2.41. The lowest BCUT2D eigenvalue weighted by atomic mass is 9.80. The number of hydrogen-bond acceptors (Lipinski definition) is 6. The van der Waals surface area contributed by atoms with Gasteiger partial charge in [-0.3, -0.25) is 0 Å². The van der Waals surface area contributed by atoms with E-state index in [1.807, 2.05) is 30.3 Å². The Morgan fingerprint density at radius 2 is 1.81 bits per heavy atom. The number of ether oxygens (including phenoxy) is 2. The van der Waals surface area contributed by atoms with Crippen molar-refractivity contribution < 1.29 is 14.6 Å². The van der Waals surface area contributed by atoms with Crippen LogP contribution in [0.2, 0.25) is 0 Å². The number of piperidine rings is 1. The molecule has 6 heteroatoms. The van der Waals surface area contributed by atoms with E-state index < -0.39 is 0 Å². The molecule has 1 aliphatic carbocycles. The summed E-state index contributed by atoms with van der Waals surface area (Å²) in [5.41, 5.74) is 3.64. The van der Waals surface area contributed by atoms with Crippen LogP contribution in [0.4, 0.5) is 5.69 Å². The maximum absolute atomic E-state index is 10.0. The first-order valence-electron chi connectivity index (χ1n) is 11.3. The summed E-state index contributed by atoms with van der Waals surface area (Å²) in [4.78, 5) is 2.34. The van der Waals surface area contributed by atoms with Crippen molar-refractivity contribution in [1.29, 1.82) is 5.26 Å². The molecule has 0 spiro atoms. The summed E-state index contributed by atoms with van der Waals surface area (Å²) in [6, 6.07) is 15.6. The molecule has 2 N–H and O–H groups in total. The van der Waals surface area contributed by atoms with Gasteiger partial charge in [0.15, 0.2) is 11.5 Å². The van der Waals surface area contributed by atoms with Crippen molar-refractivity contribution in [2.45, 2.75) is 37.8 Å². The molecule has 0 atom stereocenters. The van der Waals surface area contributed by atoms with Crippen LogP contribution in [0.3, 0.4) is 0 Å². The minimum absolute atomic E-state index is 0.313. The molecule has 3 aliphatic rings. The van der Waals surface area contributed by atoms with Crippen molar-refractivity contribution >= 4 is 5.69 Å². The van der Waals surface area contributed by atoms with Crippen LogP contribution < -0.4 is 19.7 Å². The van der Waals surface area contributed by atoms with Crippen LogP contribution in [0.15, 0.2) is 36.4 Å². The van der Waals surface area contributed by atoms with E-state index in [4.69, 9.17) is 9.47 Å². The highest BCUT2D eigenvalue weighted by molar-refractivity contribution is 5.79. The highest BCUT2D eigenvalue weighted by Crippen LogP contribution is 2.38. The minimum atomic E-state index is 0.313. The van der Waals surface area contributed by atoms with Crippen LogP contribution in [-0.2, 0) is 0 Å². The fourth-order valence-electron chi connectivity index (χ4n) is 5.01. The highest BCUT2D eigenvalue weighted by Gasteiger charge is 2.31. The van der Waals surface area contributed by atoms with Gasteiger partial charge in [-0.15, -0.1) is 0 Å². The van der Waals surface area contributed by atoms with E-state index >= 15 is 0 Å². The zero-order valence-corrected chi connectivity index (χ0v) is 17.7. The van der Waals surface area contributed by atoms with Gasteiger partial charge in [0, 0.05) is 37.3 Å². The second-order valence-corrected chi connectivity index (χ2v) is 8.81. The number of aliphatic hydroxyl groups excluding tert-OH is 1. The van der Waals surface area contributed by atoms with Crippen molar-refractivity contribution in [1.82, 2.24) is 5.32 Å². The van der Waals surface area contributed by atoms with Gasteiger partial charge in [0.25, 0.3) is 0 Å². The van der Waals surface area contributed by atoms with Crippen molar-refractivity contribution in [2.24, 2.45) is 5.92 Å². The number of rotatable bonds is 5. The first-order chi connectivity index (χ1) is 15.2. The molecule has 1 saturated heterocycles. The molecular weight excluding hydrogens is 390 g/mol. The lowest BCUT2D eigenvalue weighted by Crippen LogP contribution is -2.51. The van der Waals surface area contributed by atoms with E-state index in [1.165, 1.54) is 0 Å². The molecule has 2 fully saturated rings. The average Bonchev–Trinajstić information content (AvgIpc) is 2.80. The normalized spacial score (nSPS) is 23.2. The Hall–Kier alpha value is -2.75. The van der Waals surface area contributed by atoms with E-state index in [-0.39, 0.29) is 0 Å². The van der Waals surface area contributed by atoms with E-state index in [1.54, 1.807) is 0 Å². The largest absolute Gasteiger partial charge is 0.486 e. The Kier molecular flexibility index (Phi) is 5.71. The predicted octanol–water partition coefficient (Wildman–Crippen LogP) is 3.33. The standard InChI is InChI=1S/C25H29N3O3/c26-15-22-21(18-4-5-24-25(14-18)31-11-10-30-24)2-1-3-23(22)28-8-6-19(7-9-28)27-20-12-17(13-20)16-29/h1-5,14,17,19-20,27,29H,6-13,16H2. The molecule has 2 aliphatic heterocycles. The third-order valence-corrected chi connectivity index (χ3v) is 6.81. The molecule has 0 bridgehead atoms. The molecule has 0 radical (unpaired) electrons. The predicted molar refractivity (Wildman–Crippen MR) is 120 cm³/mol. The molecule has 162 valence electrons. The molecule has 5 rings (SSSR count). The molecule has 0 aromatic heterocycles. The van der Waals surface area contributed by atoms with Crippen molar-refractivity contribution in [2.75, 3.05) is 37.8 Å². The molecule has 6 nitrogen and oxygen atoms in total. The zero-order chi connectivity index (χ0) is 21.2. The first kappa shape index (κ1) is 20.2. The van der Waals surface area contributed by atoms with Crippen LogP contribution >= 0.6 is 0 Å². The van der Waals surface area contributed by atoms with Gasteiger partial charge in [-0.25, -0.2) is 0 Å². The Labute approximate surface area is 183 Å². The molecule has 2 aromatic carbocycles. The van der Waals surface area contributed by atoms with E-state index in [0.29, 0.717) is 37.8 Å². The molecule has 2 aromatic rings.